The minimum atomic E-state index is -1.12. The van der Waals surface area contributed by atoms with Gasteiger partial charge in [-0.2, -0.15) is 0 Å². The van der Waals surface area contributed by atoms with Gasteiger partial charge in [-0.15, -0.1) is 13.2 Å². The smallest absolute Gasteiger partial charge is 0.248 e. The maximum atomic E-state index is 14.5. The number of aliphatic hydroxyl groups is 1. The second-order valence-electron chi connectivity index (χ2n) is 12.4. The molecule has 39 heavy (non-hydrogen) atoms. The van der Waals surface area contributed by atoms with Crippen LogP contribution in [-0.2, 0) is 19.1 Å². The second-order valence-corrected chi connectivity index (χ2v) is 12.4. The number of rotatable bonds is 15. The van der Waals surface area contributed by atoms with Gasteiger partial charge in [0, 0.05) is 26.2 Å². The van der Waals surface area contributed by atoms with Gasteiger partial charge in [0.15, 0.2) is 0 Å². The Morgan fingerprint density at radius 2 is 1.74 bits per heavy atom. The number of carbonyl (C=O) groups is 3. The molecule has 3 amide bonds. The Kier molecular flexibility index (Phi) is 10.1. The molecule has 3 saturated heterocycles. The summed E-state index contributed by atoms with van der Waals surface area (Å²) in [6.07, 6.45) is 7.02. The first-order chi connectivity index (χ1) is 18.5. The van der Waals surface area contributed by atoms with E-state index in [1.807, 2.05) is 27.7 Å². The number of hydrogen-bond donors (Lipinski definition) is 1. The number of aliphatic hydroxyl groups excluding tert-OH is 1. The van der Waals surface area contributed by atoms with E-state index in [1.54, 1.807) is 26.9 Å². The molecule has 1 N–H and O–H groups in total. The standard InChI is InChI=1S/C31H51N3O5/c1-9-13-17-33(16-12-4)29(38)26-31-19-22(7)30(8,39-31)24(27(36)32(14-10-2)15-11-3)25(31)28(37)34(26)23(20-35)18-21(5)6/h10,12,21-26,35H,2,4,9,11,13-20H2,1,3,5-8H3/t22?,23-,24+,25+,26?,30-,31?/m1/s1. The molecule has 0 radical (unpaired) electrons. The number of ether oxygens (including phenoxy) is 1. The van der Waals surface area contributed by atoms with Gasteiger partial charge in [-0.1, -0.05) is 53.2 Å². The average molecular weight is 546 g/mol. The van der Waals surface area contributed by atoms with Gasteiger partial charge in [-0.3, -0.25) is 14.4 Å². The van der Waals surface area contributed by atoms with Crippen LogP contribution in [0.3, 0.4) is 0 Å². The number of likely N-dealkylation sites (tertiary alicyclic amines) is 1. The van der Waals surface area contributed by atoms with Crippen molar-refractivity contribution >= 4 is 17.7 Å². The molecule has 8 nitrogen and oxygen atoms in total. The lowest BCUT2D eigenvalue weighted by molar-refractivity contribution is -0.158. The topological polar surface area (TPSA) is 90.4 Å². The molecule has 3 aliphatic heterocycles. The zero-order valence-corrected chi connectivity index (χ0v) is 25.0. The van der Waals surface area contributed by atoms with E-state index >= 15 is 0 Å². The molecule has 0 aromatic rings. The molecule has 220 valence electrons. The van der Waals surface area contributed by atoms with E-state index in [-0.39, 0.29) is 36.2 Å². The molecule has 0 aliphatic carbocycles. The van der Waals surface area contributed by atoms with Crippen molar-refractivity contribution in [1.29, 1.82) is 0 Å². The van der Waals surface area contributed by atoms with Crippen LogP contribution in [0.1, 0.15) is 73.6 Å². The van der Waals surface area contributed by atoms with Crippen LogP contribution in [0.4, 0.5) is 0 Å². The van der Waals surface area contributed by atoms with Crippen LogP contribution in [0, 0.1) is 23.7 Å². The van der Waals surface area contributed by atoms with E-state index < -0.39 is 35.1 Å². The van der Waals surface area contributed by atoms with E-state index in [2.05, 4.69) is 27.0 Å². The summed E-state index contributed by atoms with van der Waals surface area (Å²) in [6.45, 7) is 21.5. The highest BCUT2D eigenvalue weighted by molar-refractivity contribution is 5.99. The normalized spacial score (nSPS) is 31.9. The first-order valence-electron chi connectivity index (χ1n) is 14.9. The largest absolute Gasteiger partial charge is 0.394 e. The second kappa shape index (κ2) is 12.5. The molecular formula is C31H51N3O5. The molecule has 0 aromatic heterocycles. The molecule has 7 atom stereocenters. The van der Waals surface area contributed by atoms with Crippen molar-refractivity contribution in [2.75, 3.05) is 32.8 Å². The van der Waals surface area contributed by atoms with Crippen LogP contribution in [0.15, 0.2) is 25.3 Å². The Balaban J connectivity index is 2.18. The zero-order valence-electron chi connectivity index (χ0n) is 25.0. The zero-order chi connectivity index (χ0) is 29.1. The lowest BCUT2D eigenvalue weighted by Crippen LogP contribution is -2.59. The summed E-state index contributed by atoms with van der Waals surface area (Å²) in [5.74, 6) is -1.85. The summed E-state index contributed by atoms with van der Waals surface area (Å²) < 4.78 is 6.90. The molecule has 3 heterocycles. The maximum absolute atomic E-state index is 14.5. The summed E-state index contributed by atoms with van der Waals surface area (Å²) >= 11 is 0. The van der Waals surface area contributed by atoms with Crippen LogP contribution in [0.5, 0.6) is 0 Å². The number of unbranched alkanes of at least 4 members (excludes halogenated alkanes) is 1. The van der Waals surface area contributed by atoms with Crippen molar-refractivity contribution in [2.24, 2.45) is 23.7 Å². The Morgan fingerprint density at radius 1 is 1.13 bits per heavy atom. The van der Waals surface area contributed by atoms with Crippen molar-refractivity contribution in [3.05, 3.63) is 25.3 Å². The van der Waals surface area contributed by atoms with Crippen LogP contribution in [0.2, 0.25) is 0 Å². The van der Waals surface area contributed by atoms with Crippen molar-refractivity contribution in [2.45, 2.75) is 96.9 Å². The molecule has 0 saturated carbocycles. The van der Waals surface area contributed by atoms with Crippen LogP contribution in [0.25, 0.3) is 0 Å². The minimum Gasteiger partial charge on any atom is -0.394 e. The van der Waals surface area contributed by atoms with Crippen LogP contribution < -0.4 is 0 Å². The summed E-state index contributed by atoms with van der Waals surface area (Å²) in [4.78, 5) is 48.3. The Bertz CT molecular complexity index is 937. The predicted molar refractivity (Wildman–Crippen MR) is 153 cm³/mol. The average Bonchev–Trinajstić information content (AvgIpc) is 3.40. The van der Waals surface area contributed by atoms with E-state index in [1.165, 1.54) is 0 Å². The third kappa shape index (κ3) is 5.31. The van der Waals surface area contributed by atoms with Gasteiger partial charge in [-0.25, -0.2) is 0 Å². The molecule has 0 aromatic carbocycles. The highest BCUT2D eigenvalue weighted by atomic mass is 16.5. The first kappa shape index (κ1) is 31.3. The van der Waals surface area contributed by atoms with E-state index in [0.29, 0.717) is 39.0 Å². The molecule has 3 fully saturated rings. The van der Waals surface area contributed by atoms with Gasteiger partial charge in [0.2, 0.25) is 17.7 Å². The van der Waals surface area contributed by atoms with Crippen molar-refractivity contribution in [1.82, 2.24) is 14.7 Å². The van der Waals surface area contributed by atoms with Gasteiger partial charge >= 0.3 is 0 Å². The Labute approximate surface area is 235 Å². The number of nitrogens with zero attached hydrogens (tertiary/aromatic N) is 3. The summed E-state index contributed by atoms with van der Waals surface area (Å²) in [5.41, 5.74) is -1.99. The quantitative estimate of drug-likeness (QED) is 0.317. The molecule has 3 aliphatic rings. The molecule has 8 heteroatoms. The fraction of sp³-hybridized carbons (Fsp3) is 0.774. The van der Waals surface area contributed by atoms with Gasteiger partial charge in [0.05, 0.1) is 30.1 Å². The molecule has 2 bridgehead atoms. The fourth-order valence-corrected chi connectivity index (χ4v) is 7.43. The molecule has 3 rings (SSSR count). The predicted octanol–water partition coefficient (Wildman–Crippen LogP) is 3.64. The van der Waals surface area contributed by atoms with E-state index in [9.17, 15) is 19.5 Å². The summed E-state index contributed by atoms with van der Waals surface area (Å²) in [7, 11) is 0. The van der Waals surface area contributed by atoms with Crippen molar-refractivity contribution in [3.63, 3.8) is 0 Å². The van der Waals surface area contributed by atoms with Crippen LogP contribution >= 0.6 is 0 Å². The molecular weight excluding hydrogens is 494 g/mol. The number of hydrogen-bond acceptors (Lipinski definition) is 5. The number of carbonyl (C=O) groups excluding carboxylic acids is 3. The third-order valence-corrected chi connectivity index (χ3v) is 9.20. The van der Waals surface area contributed by atoms with Gasteiger partial charge in [-0.05, 0) is 44.4 Å². The van der Waals surface area contributed by atoms with Gasteiger partial charge in [0.1, 0.15) is 11.6 Å². The highest BCUT2D eigenvalue weighted by Gasteiger charge is 2.80. The summed E-state index contributed by atoms with van der Waals surface area (Å²) in [6, 6.07) is -1.44. The molecule has 3 unspecified atom stereocenters. The minimum absolute atomic E-state index is 0.0286. The van der Waals surface area contributed by atoms with Crippen molar-refractivity contribution in [3.8, 4) is 0 Å². The maximum Gasteiger partial charge on any atom is 0.248 e. The van der Waals surface area contributed by atoms with E-state index in [4.69, 9.17) is 4.74 Å². The van der Waals surface area contributed by atoms with E-state index in [0.717, 1.165) is 19.3 Å². The van der Waals surface area contributed by atoms with Crippen molar-refractivity contribution < 1.29 is 24.2 Å². The number of fused-ring (bicyclic) bond motifs is 1. The van der Waals surface area contributed by atoms with Gasteiger partial charge < -0.3 is 24.5 Å². The lowest BCUT2D eigenvalue weighted by Gasteiger charge is -2.40. The highest BCUT2D eigenvalue weighted by Crippen LogP contribution is 2.66. The monoisotopic (exact) mass is 545 g/mol. The fourth-order valence-electron chi connectivity index (χ4n) is 7.43. The number of amides is 3. The summed E-state index contributed by atoms with van der Waals surface area (Å²) in [5, 5.41) is 10.5. The third-order valence-electron chi connectivity index (χ3n) is 9.20. The molecule has 1 spiro atoms. The van der Waals surface area contributed by atoms with Crippen LogP contribution in [-0.4, -0.2) is 93.6 Å². The Morgan fingerprint density at radius 3 is 2.26 bits per heavy atom. The first-order valence-corrected chi connectivity index (χ1v) is 14.9. The van der Waals surface area contributed by atoms with Gasteiger partial charge in [0.25, 0.3) is 0 Å². The Hall–Kier alpha value is -2.19. The SMILES string of the molecule is C=CCN(CCCC)C(=O)C1N([C@@H](CO)CC(C)C)C(=O)[C@@H]2[C@@H](C(=O)N(CC=C)CCC)[C@]3(C)OC12CC3C. The lowest BCUT2D eigenvalue weighted by atomic mass is 9.62.